The quantitative estimate of drug-likeness (QED) is 0.496. The van der Waals surface area contributed by atoms with Crippen LogP contribution in [0.15, 0.2) is 30.3 Å². The number of anilines is 1. The van der Waals surface area contributed by atoms with Gasteiger partial charge in [0.15, 0.2) is 17.3 Å². The minimum Gasteiger partial charge on any atom is -0.493 e. The monoisotopic (exact) mass is 528 g/mol. The first kappa shape index (κ1) is 28.6. The average molecular weight is 529 g/mol. The van der Waals surface area contributed by atoms with Crippen LogP contribution in [0.25, 0.3) is 0 Å². The number of carbonyl (C=O) groups is 3. The van der Waals surface area contributed by atoms with Crippen LogP contribution < -0.4 is 29.6 Å². The number of nitrogens with one attached hydrogen (secondary N) is 2. The van der Waals surface area contributed by atoms with Crippen molar-refractivity contribution in [1.82, 2.24) is 5.32 Å². The highest BCUT2D eigenvalue weighted by atomic mass is 16.6. The number of ketones is 1. The van der Waals surface area contributed by atoms with Gasteiger partial charge in [0, 0.05) is 11.8 Å². The van der Waals surface area contributed by atoms with E-state index in [-0.39, 0.29) is 23.9 Å². The van der Waals surface area contributed by atoms with Crippen molar-refractivity contribution in [3.63, 3.8) is 0 Å². The summed E-state index contributed by atoms with van der Waals surface area (Å²) in [5, 5.41) is 5.49. The highest BCUT2D eigenvalue weighted by molar-refractivity contribution is 6.04. The smallest absolute Gasteiger partial charge is 0.408 e. The van der Waals surface area contributed by atoms with Crippen LogP contribution in [0.3, 0.4) is 0 Å². The standard InChI is InChI=1S/C28H36N2O8/c1-15(2)23(30-27(33)38-28(3,4)5)26(32)29-17-11-9-10-16(12-17)19-13-18(31)22-20(37-19)14-21(34-6)24(35-7)25(22)36-8/h9-12,14-15,19,23H,13H2,1-8H3,(H,29,32)(H,30,33)/t19?,23-/m0/s1. The molecule has 0 aromatic heterocycles. The lowest BCUT2D eigenvalue weighted by Gasteiger charge is -2.28. The van der Waals surface area contributed by atoms with Crippen LogP contribution >= 0.6 is 0 Å². The molecule has 10 heteroatoms. The maximum absolute atomic E-state index is 13.2. The van der Waals surface area contributed by atoms with Crippen LogP contribution in [0.1, 0.15) is 63.1 Å². The van der Waals surface area contributed by atoms with E-state index in [0.29, 0.717) is 34.1 Å². The van der Waals surface area contributed by atoms with Crippen molar-refractivity contribution in [2.75, 3.05) is 26.6 Å². The van der Waals surface area contributed by atoms with Gasteiger partial charge in [0.2, 0.25) is 11.7 Å². The number of fused-ring (bicyclic) bond motifs is 1. The van der Waals surface area contributed by atoms with Gasteiger partial charge in [-0.2, -0.15) is 0 Å². The number of carbonyl (C=O) groups excluding carboxylic acids is 3. The zero-order valence-corrected chi connectivity index (χ0v) is 23.1. The van der Waals surface area contributed by atoms with Crippen molar-refractivity contribution in [3.8, 4) is 23.0 Å². The highest BCUT2D eigenvalue weighted by Gasteiger charge is 2.34. The van der Waals surface area contributed by atoms with Gasteiger partial charge in [-0.1, -0.05) is 26.0 Å². The third-order valence-corrected chi connectivity index (χ3v) is 5.86. The number of hydrogen-bond donors (Lipinski definition) is 2. The number of benzene rings is 2. The van der Waals surface area contributed by atoms with Gasteiger partial charge >= 0.3 is 6.09 Å². The number of rotatable bonds is 8. The van der Waals surface area contributed by atoms with Crippen molar-refractivity contribution in [3.05, 3.63) is 41.5 Å². The molecule has 1 heterocycles. The number of hydrogen-bond acceptors (Lipinski definition) is 8. The zero-order valence-electron chi connectivity index (χ0n) is 23.1. The number of methoxy groups -OCH3 is 3. The topological polar surface area (TPSA) is 121 Å². The average Bonchev–Trinajstić information content (AvgIpc) is 2.84. The van der Waals surface area contributed by atoms with Crippen molar-refractivity contribution in [2.45, 2.75) is 58.8 Å². The third kappa shape index (κ3) is 6.48. The van der Waals surface area contributed by atoms with Gasteiger partial charge in [-0.15, -0.1) is 0 Å². The van der Waals surface area contributed by atoms with Crippen LogP contribution in [-0.2, 0) is 9.53 Å². The molecule has 0 aliphatic carbocycles. The molecule has 0 fully saturated rings. The largest absolute Gasteiger partial charge is 0.493 e. The molecule has 0 spiro atoms. The summed E-state index contributed by atoms with van der Waals surface area (Å²) in [6.07, 6.45) is -1.21. The summed E-state index contributed by atoms with van der Waals surface area (Å²) < 4.78 is 27.7. The lowest BCUT2D eigenvalue weighted by atomic mass is 9.94. The van der Waals surface area contributed by atoms with Crippen molar-refractivity contribution in [1.29, 1.82) is 0 Å². The SMILES string of the molecule is COc1cc2c(c(OC)c1OC)C(=O)CC(c1cccc(NC(=O)[C@@H](NC(=O)OC(C)(C)C)C(C)C)c1)O2. The molecule has 38 heavy (non-hydrogen) atoms. The molecule has 0 radical (unpaired) electrons. The number of alkyl carbamates (subject to hydrolysis) is 1. The van der Waals surface area contributed by atoms with E-state index in [0.717, 1.165) is 0 Å². The van der Waals surface area contributed by atoms with E-state index in [9.17, 15) is 14.4 Å². The second-order valence-electron chi connectivity index (χ2n) is 10.2. The first-order valence-corrected chi connectivity index (χ1v) is 12.3. The summed E-state index contributed by atoms with van der Waals surface area (Å²) in [4.78, 5) is 38.5. The maximum atomic E-state index is 13.2. The first-order valence-electron chi connectivity index (χ1n) is 12.3. The molecule has 2 aromatic carbocycles. The van der Waals surface area contributed by atoms with E-state index in [1.165, 1.54) is 21.3 Å². The lowest BCUT2D eigenvalue weighted by molar-refractivity contribution is -0.119. The Hall–Kier alpha value is -3.95. The molecule has 10 nitrogen and oxygen atoms in total. The van der Waals surface area contributed by atoms with Crippen LogP contribution in [0.5, 0.6) is 23.0 Å². The molecule has 1 aliphatic rings. The maximum Gasteiger partial charge on any atom is 0.408 e. The Kier molecular flexibility index (Phi) is 8.75. The van der Waals surface area contributed by atoms with Crippen molar-refractivity contribution in [2.24, 2.45) is 5.92 Å². The molecule has 1 unspecified atom stereocenters. The third-order valence-electron chi connectivity index (χ3n) is 5.86. The van der Waals surface area contributed by atoms with Gasteiger partial charge in [0.1, 0.15) is 29.1 Å². The van der Waals surface area contributed by atoms with Gasteiger partial charge in [0.05, 0.1) is 27.8 Å². The molecule has 0 bridgehead atoms. The molecular weight excluding hydrogens is 492 g/mol. The fraction of sp³-hybridized carbons (Fsp3) is 0.464. The van der Waals surface area contributed by atoms with E-state index in [2.05, 4.69) is 10.6 Å². The number of ether oxygens (including phenoxy) is 5. The second-order valence-corrected chi connectivity index (χ2v) is 10.2. The van der Waals surface area contributed by atoms with E-state index in [1.54, 1.807) is 45.0 Å². The highest BCUT2D eigenvalue weighted by Crippen LogP contribution is 2.49. The van der Waals surface area contributed by atoms with E-state index >= 15 is 0 Å². The molecule has 206 valence electrons. The zero-order chi connectivity index (χ0) is 28.2. The predicted molar refractivity (Wildman–Crippen MR) is 141 cm³/mol. The van der Waals surface area contributed by atoms with E-state index < -0.39 is 29.7 Å². The summed E-state index contributed by atoms with van der Waals surface area (Å²) in [5.74, 6) is 0.493. The number of amides is 2. The Morgan fingerprint density at radius 1 is 1.03 bits per heavy atom. The second kappa shape index (κ2) is 11.6. The Bertz CT molecular complexity index is 1200. The van der Waals surface area contributed by atoms with Crippen LogP contribution in [-0.4, -0.2) is 50.8 Å². The molecule has 0 saturated carbocycles. The molecule has 2 N–H and O–H groups in total. The normalized spacial score (nSPS) is 15.6. The molecule has 0 saturated heterocycles. The molecule has 3 rings (SSSR count). The molecule has 2 atom stereocenters. The minimum absolute atomic E-state index is 0.0606. The molecular formula is C28H36N2O8. The Morgan fingerprint density at radius 3 is 2.29 bits per heavy atom. The minimum atomic E-state index is -0.817. The Labute approximate surface area is 222 Å². The fourth-order valence-corrected chi connectivity index (χ4v) is 4.15. The number of Topliss-reactive ketones (excluding diaryl/α,β-unsaturated/α-hetero) is 1. The van der Waals surface area contributed by atoms with E-state index in [1.807, 2.05) is 19.9 Å². The van der Waals surface area contributed by atoms with Gasteiger partial charge in [-0.05, 0) is 44.4 Å². The molecule has 2 amide bonds. The van der Waals surface area contributed by atoms with Crippen molar-refractivity contribution < 1.29 is 38.1 Å². The van der Waals surface area contributed by atoms with Gasteiger partial charge in [-0.3, -0.25) is 9.59 Å². The summed E-state index contributed by atoms with van der Waals surface area (Å²) in [5.41, 5.74) is 0.789. The van der Waals surface area contributed by atoms with Crippen LogP contribution in [0, 0.1) is 5.92 Å². The lowest BCUT2D eigenvalue weighted by Crippen LogP contribution is -2.48. The van der Waals surface area contributed by atoms with E-state index in [4.69, 9.17) is 23.7 Å². The van der Waals surface area contributed by atoms with Gasteiger partial charge < -0.3 is 34.3 Å². The molecule has 2 aromatic rings. The molecule has 1 aliphatic heterocycles. The first-order chi connectivity index (χ1) is 17.9. The van der Waals surface area contributed by atoms with Crippen LogP contribution in [0.4, 0.5) is 10.5 Å². The predicted octanol–water partition coefficient (Wildman–Crippen LogP) is 4.91. The Morgan fingerprint density at radius 2 is 1.71 bits per heavy atom. The fourth-order valence-electron chi connectivity index (χ4n) is 4.15. The Balaban J connectivity index is 1.82. The van der Waals surface area contributed by atoms with Crippen LogP contribution in [0.2, 0.25) is 0 Å². The van der Waals surface area contributed by atoms with Gasteiger partial charge in [-0.25, -0.2) is 4.79 Å². The van der Waals surface area contributed by atoms with Crippen molar-refractivity contribution >= 4 is 23.5 Å². The summed E-state index contributed by atoms with van der Waals surface area (Å²) >= 11 is 0. The summed E-state index contributed by atoms with van der Waals surface area (Å²) in [6, 6.07) is 7.82. The summed E-state index contributed by atoms with van der Waals surface area (Å²) in [6.45, 7) is 8.91. The van der Waals surface area contributed by atoms with Gasteiger partial charge in [0.25, 0.3) is 0 Å². The summed E-state index contributed by atoms with van der Waals surface area (Å²) in [7, 11) is 4.40.